The van der Waals surface area contributed by atoms with Gasteiger partial charge in [-0.1, -0.05) is 12.1 Å². The lowest BCUT2D eigenvalue weighted by Crippen LogP contribution is -2.33. The van der Waals surface area contributed by atoms with Crippen LogP contribution in [0, 0.1) is 0 Å². The van der Waals surface area contributed by atoms with Gasteiger partial charge in [0, 0.05) is 27.2 Å². The molecule has 1 aliphatic rings. The van der Waals surface area contributed by atoms with Gasteiger partial charge in [0.2, 0.25) is 0 Å². The van der Waals surface area contributed by atoms with Crippen LogP contribution in [-0.2, 0) is 9.59 Å². The summed E-state index contributed by atoms with van der Waals surface area (Å²) < 4.78 is 0. The van der Waals surface area contributed by atoms with Crippen molar-refractivity contribution in [3.8, 4) is 0 Å². The third-order valence-corrected chi connectivity index (χ3v) is 2.77. The van der Waals surface area contributed by atoms with Crippen molar-refractivity contribution in [3.63, 3.8) is 0 Å². The molecule has 0 fully saturated rings. The summed E-state index contributed by atoms with van der Waals surface area (Å²) >= 11 is 0. The Hall–Kier alpha value is -2.43. The summed E-state index contributed by atoms with van der Waals surface area (Å²) in [4.78, 5) is 38.5. The highest BCUT2D eigenvalue weighted by Crippen LogP contribution is 2.31. The van der Waals surface area contributed by atoms with Crippen LogP contribution in [0.2, 0.25) is 0 Å². The van der Waals surface area contributed by atoms with Crippen molar-refractivity contribution >= 4 is 23.2 Å². The SMILES string of the molecule is CC(=O)/C(=C\N(C)C)N1C(=O)C(=O)c2ccccc21. The van der Waals surface area contributed by atoms with Gasteiger partial charge in [-0.15, -0.1) is 0 Å². The highest BCUT2D eigenvalue weighted by molar-refractivity contribution is 6.53. The zero-order chi connectivity index (χ0) is 14.2. The molecule has 5 nitrogen and oxygen atoms in total. The fraction of sp³-hybridized carbons (Fsp3) is 0.214. The maximum atomic E-state index is 12.1. The number of anilines is 1. The molecular weight excluding hydrogens is 244 g/mol. The van der Waals surface area contributed by atoms with Gasteiger partial charge >= 0.3 is 5.91 Å². The molecule has 0 saturated carbocycles. The molecule has 0 aliphatic carbocycles. The number of amides is 1. The Labute approximate surface area is 111 Å². The monoisotopic (exact) mass is 258 g/mol. The highest BCUT2D eigenvalue weighted by Gasteiger charge is 2.38. The standard InChI is InChI=1S/C14H14N2O3/c1-9(17)12(8-15(2)3)16-11-7-5-4-6-10(11)13(18)14(16)19/h4-8H,1-3H3/b12-8+. The first-order chi connectivity index (χ1) is 8.93. The number of ketones is 2. The number of para-hydroxylation sites is 1. The fourth-order valence-corrected chi connectivity index (χ4v) is 1.98. The third kappa shape index (κ3) is 2.14. The Morgan fingerprint density at radius 2 is 1.84 bits per heavy atom. The van der Waals surface area contributed by atoms with Crippen LogP contribution >= 0.6 is 0 Å². The van der Waals surface area contributed by atoms with Crippen molar-refractivity contribution in [1.82, 2.24) is 4.90 Å². The van der Waals surface area contributed by atoms with Crippen LogP contribution < -0.4 is 4.90 Å². The van der Waals surface area contributed by atoms with Crippen molar-refractivity contribution in [2.24, 2.45) is 0 Å². The Morgan fingerprint density at radius 3 is 2.42 bits per heavy atom. The maximum Gasteiger partial charge on any atom is 0.304 e. The molecule has 19 heavy (non-hydrogen) atoms. The van der Waals surface area contributed by atoms with E-state index in [0.29, 0.717) is 11.3 Å². The summed E-state index contributed by atoms with van der Waals surface area (Å²) in [7, 11) is 3.49. The zero-order valence-corrected chi connectivity index (χ0v) is 11.0. The molecule has 1 amide bonds. The van der Waals surface area contributed by atoms with Gasteiger partial charge in [-0.25, -0.2) is 0 Å². The molecule has 1 aromatic carbocycles. The van der Waals surface area contributed by atoms with Gasteiger partial charge in [0.05, 0.1) is 11.3 Å². The van der Waals surface area contributed by atoms with E-state index >= 15 is 0 Å². The van der Waals surface area contributed by atoms with E-state index in [1.165, 1.54) is 18.0 Å². The normalized spacial score (nSPS) is 14.7. The zero-order valence-electron chi connectivity index (χ0n) is 11.0. The summed E-state index contributed by atoms with van der Waals surface area (Å²) in [5, 5.41) is 0. The quantitative estimate of drug-likeness (QED) is 0.604. The van der Waals surface area contributed by atoms with Crippen molar-refractivity contribution < 1.29 is 14.4 Å². The molecule has 1 heterocycles. The second kappa shape index (κ2) is 4.68. The van der Waals surface area contributed by atoms with Crippen LogP contribution in [-0.4, -0.2) is 36.5 Å². The van der Waals surface area contributed by atoms with Gasteiger partial charge in [0.15, 0.2) is 5.78 Å². The predicted molar refractivity (Wildman–Crippen MR) is 70.7 cm³/mol. The average Bonchev–Trinajstić information content (AvgIpc) is 2.60. The maximum absolute atomic E-state index is 12.1. The van der Waals surface area contributed by atoms with Crippen LogP contribution in [0.15, 0.2) is 36.2 Å². The largest absolute Gasteiger partial charge is 0.382 e. The molecule has 0 bridgehead atoms. The van der Waals surface area contributed by atoms with E-state index in [0.717, 1.165) is 0 Å². The van der Waals surface area contributed by atoms with Crippen LogP contribution in [0.5, 0.6) is 0 Å². The molecule has 0 radical (unpaired) electrons. The Balaban J connectivity index is 2.59. The minimum Gasteiger partial charge on any atom is -0.382 e. The second-order valence-electron chi connectivity index (χ2n) is 4.52. The molecule has 0 spiro atoms. The first kappa shape index (κ1) is 13.0. The van der Waals surface area contributed by atoms with Crippen LogP contribution in [0.25, 0.3) is 0 Å². The van der Waals surface area contributed by atoms with Gasteiger partial charge in [0.25, 0.3) is 5.78 Å². The van der Waals surface area contributed by atoms with E-state index in [1.807, 2.05) is 0 Å². The molecule has 98 valence electrons. The van der Waals surface area contributed by atoms with Crippen LogP contribution in [0.1, 0.15) is 17.3 Å². The van der Waals surface area contributed by atoms with E-state index < -0.39 is 11.7 Å². The first-order valence-electron chi connectivity index (χ1n) is 5.80. The number of allylic oxidation sites excluding steroid dienone is 1. The van der Waals surface area contributed by atoms with Crippen molar-refractivity contribution in [1.29, 1.82) is 0 Å². The molecule has 0 unspecified atom stereocenters. The summed E-state index contributed by atoms with van der Waals surface area (Å²) in [6.07, 6.45) is 1.54. The smallest absolute Gasteiger partial charge is 0.304 e. The lowest BCUT2D eigenvalue weighted by Gasteiger charge is -2.20. The molecule has 5 heteroatoms. The van der Waals surface area contributed by atoms with E-state index in [-0.39, 0.29) is 11.5 Å². The number of carbonyl (C=O) groups is 3. The molecule has 0 saturated heterocycles. The summed E-state index contributed by atoms with van der Waals surface area (Å²) in [6.45, 7) is 1.37. The van der Waals surface area contributed by atoms with Gasteiger partial charge < -0.3 is 4.90 Å². The minimum absolute atomic E-state index is 0.188. The number of rotatable bonds is 3. The predicted octanol–water partition coefficient (Wildman–Crippen LogP) is 1.21. The van der Waals surface area contributed by atoms with Gasteiger partial charge in [-0.05, 0) is 12.1 Å². The highest BCUT2D eigenvalue weighted by atomic mass is 16.2. The molecular formula is C14H14N2O3. The minimum atomic E-state index is -0.690. The number of nitrogens with zero attached hydrogens (tertiary/aromatic N) is 2. The lowest BCUT2D eigenvalue weighted by atomic mass is 10.1. The van der Waals surface area contributed by atoms with Crippen molar-refractivity contribution in [2.75, 3.05) is 19.0 Å². The Kier molecular flexibility index (Phi) is 3.21. The molecule has 1 aliphatic heterocycles. The number of Topliss-reactive ketones (excluding diaryl/α,β-unsaturated/α-hetero) is 2. The third-order valence-electron chi connectivity index (χ3n) is 2.77. The number of benzene rings is 1. The van der Waals surface area contributed by atoms with Crippen molar-refractivity contribution in [2.45, 2.75) is 6.92 Å². The average molecular weight is 258 g/mol. The summed E-state index contributed by atoms with van der Waals surface area (Å²) in [6, 6.07) is 6.66. The summed E-state index contributed by atoms with van der Waals surface area (Å²) in [5.74, 6) is -1.54. The Bertz CT molecular complexity index is 602. The fourth-order valence-electron chi connectivity index (χ4n) is 1.98. The van der Waals surface area contributed by atoms with E-state index in [2.05, 4.69) is 0 Å². The first-order valence-corrected chi connectivity index (χ1v) is 5.80. The molecule has 0 N–H and O–H groups in total. The Morgan fingerprint density at radius 1 is 1.21 bits per heavy atom. The molecule has 1 aromatic rings. The van der Waals surface area contributed by atoms with Crippen molar-refractivity contribution in [3.05, 3.63) is 41.7 Å². The molecule has 2 rings (SSSR count). The second-order valence-corrected chi connectivity index (χ2v) is 4.52. The van der Waals surface area contributed by atoms with Gasteiger partial charge in [0.1, 0.15) is 5.70 Å². The van der Waals surface area contributed by atoms with E-state index in [9.17, 15) is 14.4 Å². The molecule has 0 aromatic heterocycles. The summed E-state index contributed by atoms with van der Waals surface area (Å²) in [5.41, 5.74) is 0.979. The topological polar surface area (TPSA) is 57.7 Å². The number of hydrogen-bond acceptors (Lipinski definition) is 4. The van der Waals surface area contributed by atoms with Gasteiger partial charge in [-0.3, -0.25) is 19.3 Å². The number of carbonyl (C=O) groups excluding carboxylic acids is 3. The number of fused-ring (bicyclic) bond motifs is 1. The number of hydrogen-bond donors (Lipinski definition) is 0. The molecule has 0 atom stereocenters. The van der Waals surface area contributed by atoms with Gasteiger partial charge in [-0.2, -0.15) is 0 Å². The van der Waals surface area contributed by atoms with E-state index in [1.54, 1.807) is 43.3 Å². The van der Waals surface area contributed by atoms with E-state index in [4.69, 9.17) is 0 Å². The van der Waals surface area contributed by atoms with Crippen LogP contribution in [0.3, 0.4) is 0 Å². The lowest BCUT2D eigenvalue weighted by molar-refractivity contribution is -0.117. The van der Waals surface area contributed by atoms with Crippen LogP contribution in [0.4, 0.5) is 5.69 Å².